The van der Waals surface area contributed by atoms with Gasteiger partial charge in [0.25, 0.3) is 5.91 Å². The molecule has 0 bridgehead atoms. The van der Waals surface area contributed by atoms with Gasteiger partial charge in [-0.05, 0) is 53.3 Å². The van der Waals surface area contributed by atoms with Crippen molar-refractivity contribution in [1.29, 1.82) is 5.41 Å². The second kappa shape index (κ2) is 9.12. The SMILES string of the molecule is CCOC(=O)c1ccc(-c2ccc(/C=C3/SC(=N)N(c4nonc4NC(C)=O)C3=O)o2)cc1. The van der Waals surface area contributed by atoms with Crippen LogP contribution >= 0.6 is 11.8 Å². The fraction of sp³-hybridized carbons (Fsp3) is 0.143. The van der Waals surface area contributed by atoms with Gasteiger partial charge < -0.3 is 14.5 Å². The van der Waals surface area contributed by atoms with Crippen LogP contribution in [0.2, 0.25) is 0 Å². The molecular formula is C21H17N5O6S. The van der Waals surface area contributed by atoms with E-state index in [4.69, 9.17) is 14.6 Å². The van der Waals surface area contributed by atoms with Crippen molar-refractivity contribution in [1.82, 2.24) is 10.3 Å². The maximum absolute atomic E-state index is 12.9. The first-order valence-electron chi connectivity index (χ1n) is 9.67. The highest BCUT2D eigenvalue weighted by atomic mass is 32.2. The Hall–Kier alpha value is -4.19. The molecule has 12 heteroatoms. The molecule has 2 N–H and O–H groups in total. The number of hydrogen-bond donors (Lipinski definition) is 2. The topological polar surface area (TPSA) is 152 Å². The number of nitrogens with one attached hydrogen (secondary N) is 2. The average Bonchev–Trinajstić information content (AvgIpc) is 3.49. The van der Waals surface area contributed by atoms with E-state index in [9.17, 15) is 14.4 Å². The average molecular weight is 467 g/mol. The Morgan fingerprint density at radius 3 is 2.67 bits per heavy atom. The molecule has 1 aliphatic rings. The van der Waals surface area contributed by atoms with E-state index >= 15 is 0 Å². The monoisotopic (exact) mass is 467 g/mol. The van der Waals surface area contributed by atoms with Gasteiger partial charge in [-0.3, -0.25) is 15.0 Å². The van der Waals surface area contributed by atoms with E-state index in [1.807, 2.05) is 0 Å². The number of amidine groups is 1. The molecule has 4 rings (SSSR count). The Kier molecular flexibility index (Phi) is 6.09. The van der Waals surface area contributed by atoms with Crippen LogP contribution in [0, 0.1) is 5.41 Å². The standard InChI is InChI=1S/C21H17N5O6S/c1-3-30-20(29)13-6-4-12(5-7-13)15-9-8-14(31-15)10-16-19(28)26(21(22)33-16)18-17(23-11(2)27)24-32-25-18/h4-10,22H,3H2,1-2H3,(H,23,24,27)/b16-10+,22-21?. The number of rotatable bonds is 6. The number of thioether (sulfide) groups is 1. The highest BCUT2D eigenvalue weighted by molar-refractivity contribution is 8.19. The van der Waals surface area contributed by atoms with E-state index in [0.29, 0.717) is 23.7 Å². The van der Waals surface area contributed by atoms with Crippen LogP contribution in [-0.2, 0) is 14.3 Å². The van der Waals surface area contributed by atoms with Crippen LogP contribution < -0.4 is 10.2 Å². The number of carbonyl (C=O) groups is 3. The van der Waals surface area contributed by atoms with E-state index in [1.165, 1.54) is 13.0 Å². The summed E-state index contributed by atoms with van der Waals surface area (Å²) in [6.07, 6.45) is 1.50. The molecule has 11 nitrogen and oxygen atoms in total. The number of esters is 1. The molecule has 168 valence electrons. The van der Waals surface area contributed by atoms with Crippen molar-refractivity contribution in [2.45, 2.75) is 13.8 Å². The second-order valence-corrected chi connectivity index (χ2v) is 7.70. The lowest BCUT2D eigenvalue weighted by atomic mass is 10.1. The van der Waals surface area contributed by atoms with E-state index < -0.39 is 17.8 Å². The molecule has 33 heavy (non-hydrogen) atoms. The van der Waals surface area contributed by atoms with Crippen LogP contribution in [-0.4, -0.2) is 39.9 Å². The molecular weight excluding hydrogens is 450 g/mol. The number of aromatic nitrogens is 2. The summed E-state index contributed by atoms with van der Waals surface area (Å²) in [6, 6.07) is 10.2. The number of nitrogens with zero attached hydrogens (tertiary/aromatic N) is 3. The maximum Gasteiger partial charge on any atom is 0.338 e. The maximum atomic E-state index is 12.9. The molecule has 2 aromatic heterocycles. The predicted octanol–water partition coefficient (Wildman–Crippen LogP) is 3.52. The summed E-state index contributed by atoms with van der Waals surface area (Å²) in [6.45, 7) is 3.31. The van der Waals surface area contributed by atoms with Crippen molar-refractivity contribution < 1.29 is 28.2 Å². The minimum Gasteiger partial charge on any atom is -0.462 e. The van der Waals surface area contributed by atoms with Crippen molar-refractivity contribution >= 4 is 52.4 Å². The second-order valence-electron chi connectivity index (χ2n) is 6.67. The third kappa shape index (κ3) is 4.55. The summed E-state index contributed by atoms with van der Waals surface area (Å²) in [5.41, 5.74) is 1.17. The Morgan fingerprint density at radius 1 is 1.21 bits per heavy atom. The van der Waals surface area contributed by atoms with Crippen molar-refractivity contribution in [3.63, 3.8) is 0 Å². The third-order valence-electron chi connectivity index (χ3n) is 4.38. The van der Waals surface area contributed by atoms with Gasteiger partial charge in [-0.2, -0.15) is 0 Å². The summed E-state index contributed by atoms with van der Waals surface area (Å²) in [5, 5.41) is 17.6. The normalized spacial score (nSPS) is 14.7. The van der Waals surface area contributed by atoms with Gasteiger partial charge in [0.1, 0.15) is 11.5 Å². The van der Waals surface area contributed by atoms with E-state index in [1.54, 1.807) is 43.3 Å². The molecule has 2 amide bonds. The largest absolute Gasteiger partial charge is 0.462 e. The fourth-order valence-corrected chi connectivity index (χ4v) is 3.78. The summed E-state index contributed by atoms with van der Waals surface area (Å²) in [7, 11) is 0. The number of furan rings is 1. The van der Waals surface area contributed by atoms with Gasteiger partial charge in [-0.15, -0.1) is 0 Å². The first-order chi connectivity index (χ1) is 15.9. The molecule has 1 aromatic carbocycles. The van der Waals surface area contributed by atoms with Gasteiger partial charge >= 0.3 is 5.97 Å². The van der Waals surface area contributed by atoms with Crippen LogP contribution in [0.1, 0.15) is 30.0 Å². The lowest BCUT2D eigenvalue weighted by Crippen LogP contribution is -2.29. The van der Waals surface area contributed by atoms with E-state index in [0.717, 1.165) is 22.2 Å². The number of benzene rings is 1. The predicted molar refractivity (Wildman–Crippen MR) is 119 cm³/mol. The highest BCUT2D eigenvalue weighted by Gasteiger charge is 2.38. The van der Waals surface area contributed by atoms with Crippen molar-refractivity contribution in [2.75, 3.05) is 16.8 Å². The first-order valence-corrected chi connectivity index (χ1v) is 10.5. The Bertz CT molecular complexity index is 1280. The first kappa shape index (κ1) is 22.0. The van der Waals surface area contributed by atoms with Crippen LogP contribution in [0.5, 0.6) is 0 Å². The zero-order valence-electron chi connectivity index (χ0n) is 17.4. The fourth-order valence-electron chi connectivity index (χ4n) is 2.96. The molecule has 0 unspecified atom stereocenters. The number of ether oxygens (including phenoxy) is 1. The van der Waals surface area contributed by atoms with Crippen molar-refractivity contribution in [3.05, 3.63) is 52.6 Å². The molecule has 1 fully saturated rings. The Balaban J connectivity index is 1.53. The molecule has 0 saturated carbocycles. The molecule has 1 saturated heterocycles. The van der Waals surface area contributed by atoms with Crippen LogP contribution in [0.3, 0.4) is 0 Å². The van der Waals surface area contributed by atoms with Crippen molar-refractivity contribution in [2.24, 2.45) is 0 Å². The number of amides is 2. The summed E-state index contributed by atoms with van der Waals surface area (Å²) >= 11 is 0.905. The Labute approximate surface area is 191 Å². The van der Waals surface area contributed by atoms with Crippen LogP contribution in [0.15, 0.2) is 50.3 Å². The molecule has 3 heterocycles. The van der Waals surface area contributed by atoms with E-state index in [2.05, 4.69) is 20.3 Å². The smallest absolute Gasteiger partial charge is 0.338 e. The van der Waals surface area contributed by atoms with Gasteiger partial charge in [0.15, 0.2) is 5.17 Å². The zero-order valence-corrected chi connectivity index (χ0v) is 18.3. The highest BCUT2D eigenvalue weighted by Crippen LogP contribution is 2.37. The summed E-state index contributed by atoms with van der Waals surface area (Å²) < 4.78 is 15.4. The number of carbonyl (C=O) groups excluding carboxylic acids is 3. The van der Waals surface area contributed by atoms with Crippen molar-refractivity contribution in [3.8, 4) is 11.3 Å². The van der Waals surface area contributed by atoms with Gasteiger partial charge in [0.05, 0.1) is 17.1 Å². The Morgan fingerprint density at radius 2 is 1.97 bits per heavy atom. The lowest BCUT2D eigenvalue weighted by Gasteiger charge is -2.10. The zero-order chi connectivity index (χ0) is 23.5. The van der Waals surface area contributed by atoms with Gasteiger partial charge in [0.2, 0.25) is 17.5 Å². The van der Waals surface area contributed by atoms with Gasteiger partial charge in [-0.1, -0.05) is 12.1 Å². The third-order valence-corrected chi connectivity index (χ3v) is 5.27. The number of hydrogen-bond acceptors (Lipinski definition) is 10. The van der Waals surface area contributed by atoms with Gasteiger partial charge in [0, 0.05) is 18.6 Å². The number of anilines is 2. The molecule has 0 aliphatic carbocycles. The summed E-state index contributed by atoms with van der Waals surface area (Å²) in [5.74, 6) is -0.580. The minimum absolute atomic E-state index is 0.0611. The molecule has 0 spiro atoms. The van der Waals surface area contributed by atoms with Gasteiger partial charge in [-0.25, -0.2) is 14.3 Å². The van der Waals surface area contributed by atoms with Crippen LogP contribution in [0.25, 0.3) is 17.4 Å². The minimum atomic E-state index is -0.538. The quantitative estimate of drug-likeness (QED) is 0.410. The molecule has 1 aliphatic heterocycles. The summed E-state index contributed by atoms with van der Waals surface area (Å²) in [4.78, 5) is 37.2. The van der Waals surface area contributed by atoms with Crippen LogP contribution in [0.4, 0.5) is 11.6 Å². The lowest BCUT2D eigenvalue weighted by molar-refractivity contribution is -0.114. The molecule has 3 aromatic rings. The molecule has 0 atom stereocenters. The molecule has 0 radical (unpaired) electrons. The van der Waals surface area contributed by atoms with E-state index in [-0.39, 0.29) is 21.7 Å².